The smallest absolute Gasteiger partial charge is 0.274 e. The Hall–Kier alpha value is -0.670. The van der Waals surface area contributed by atoms with Crippen LogP contribution in [0.3, 0.4) is 0 Å². The molecule has 0 saturated heterocycles. The highest BCUT2D eigenvalue weighted by Crippen LogP contribution is 2.12. The molecule has 1 atom stereocenters. The SMILES string of the molecule is FC(F)C1[CH]O[C]=N1. The molecule has 2 radical (unpaired) electrons. The zero-order valence-electron chi connectivity index (χ0n) is 3.84. The maximum Gasteiger partial charge on any atom is 0.274 e. The average molecular weight is 119 g/mol. The number of hydrogen-bond acceptors (Lipinski definition) is 2. The molecule has 0 fully saturated rings. The number of aliphatic imine (C=N–C) groups is 1. The molecule has 0 saturated carbocycles. The number of ether oxygens (including phenoxy) is 1. The molecule has 0 bridgehead atoms. The van der Waals surface area contributed by atoms with Crippen molar-refractivity contribution < 1.29 is 13.5 Å². The van der Waals surface area contributed by atoms with Gasteiger partial charge < -0.3 is 4.74 Å². The van der Waals surface area contributed by atoms with Crippen molar-refractivity contribution in [2.24, 2.45) is 4.99 Å². The van der Waals surface area contributed by atoms with Crippen molar-refractivity contribution >= 4 is 6.40 Å². The fraction of sp³-hybridized carbons (Fsp3) is 0.500. The van der Waals surface area contributed by atoms with Crippen molar-refractivity contribution in [2.75, 3.05) is 0 Å². The molecular formula is C4H3F2NO. The Morgan fingerprint density at radius 3 is 2.75 bits per heavy atom. The summed E-state index contributed by atoms with van der Waals surface area (Å²) in [5, 5.41) is 0. The Bertz CT molecular complexity index is 104. The van der Waals surface area contributed by atoms with Crippen molar-refractivity contribution in [2.45, 2.75) is 12.5 Å². The first kappa shape index (κ1) is 5.47. The van der Waals surface area contributed by atoms with Crippen LogP contribution in [0, 0.1) is 6.61 Å². The van der Waals surface area contributed by atoms with E-state index in [-0.39, 0.29) is 0 Å². The standard InChI is InChI=1S/C4H3F2NO/c5-4(6)3-1-8-2-7-3/h1,3-4H. The lowest BCUT2D eigenvalue weighted by Crippen LogP contribution is -2.12. The van der Waals surface area contributed by atoms with Crippen molar-refractivity contribution in [1.82, 2.24) is 0 Å². The highest BCUT2D eigenvalue weighted by Gasteiger charge is 2.23. The van der Waals surface area contributed by atoms with Gasteiger partial charge in [0.25, 0.3) is 12.8 Å². The summed E-state index contributed by atoms with van der Waals surface area (Å²) < 4.78 is 27.2. The van der Waals surface area contributed by atoms with Crippen LogP contribution < -0.4 is 0 Å². The molecule has 0 aromatic rings. The molecule has 2 nitrogen and oxygen atoms in total. The molecule has 1 unspecified atom stereocenters. The summed E-state index contributed by atoms with van der Waals surface area (Å²) in [7, 11) is 0. The van der Waals surface area contributed by atoms with Crippen LogP contribution in [0.4, 0.5) is 8.78 Å². The normalized spacial score (nSPS) is 26.6. The van der Waals surface area contributed by atoms with Gasteiger partial charge in [-0.25, -0.2) is 13.8 Å². The Labute approximate surface area is 45.2 Å². The summed E-state index contributed by atoms with van der Waals surface area (Å²) in [4.78, 5) is 3.16. The second-order valence-electron chi connectivity index (χ2n) is 1.30. The fourth-order valence-corrected chi connectivity index (χ4v) is 0.338. The molecule has 0 spiro atoms. The topological polar surface area (TPSA) is 21.6 Å². The Morgan fingerprint density at radius 2 is 2.50 bits per heavy atom. The van der Waals surface area contributed by atoms with Crippen LogP contribution in [-0.4, -0.2) is 18.9 Å². The first-order valence-corrected chi connectivity index (χ1v) is 2.02. The van der Waals surface area contributed by atoms with Gasteiger partial charge in [-0.2, -0.15) is 0 Å². The quantitative estimate of drug-likeness (QED) is 0.498. The van der Waals surface area contributed by atoms with E-state index < -0.39 is 12.5 Å². The second-order valence-corrected chi connectivity index (χ2v) is 1.30. The van der Waals surface area contributed by atoms with Gasteiger partial charge in [0.1, 0.15) is 0 Å². The number of nitrogens with zero attached hydrogens (tertiary/aromatic N) is 1. The van der Waals surface area contributed by atoms with E-state index in [0.717, 1.165) is 6.61 Å². The van der Waals surface area contributed by atoms with Gasteiger partial charge in [0, 0.05) is 0 Å². The molecule has 1 heterocycles. The maximum atomic E-state index is 11.5. The molecule has 0 N–H and O–H groups in total. The van der Waals surface area contributed by atoms with E-state index >= 15 is 0 Å². The monoisotopic (exact) mass is 119 g/mol. The second kappa shape index (κ2) is 2.07. The molecule has 0 amide bonds. The molecule has 44 valence electrons. The molecular weight excluding hydrogens is 116 g/mol. The highest BCUT2D eigenvalue weighted by molar-refractivity contribution is 5.50. The number of hydrogen-bond donors (Lipinski definition) is 0. The Kier molecular flexibility index (Phi) is 1.41. The van der Waals surface area contributed by atoms with E-state index in [1.165, 1.54) is 0 Å². The lowest BCUT2D eigenvalue weighted by molar-refractivity contribution is 0.120. The van der Waals surface area contributed by atoms with E-state index in [4.69, 9.17) is 0 Å². The van der Waals surface area contributed by atoms with Crippen molar-refractivity contribution in [1.29, 1.82) is 0 Å². The molecule has 0 aromatic heterocycles. The zero-order valence-corrected chi connectivity index (χ0v) is 3.84. The van der Waals surface area contributed by atoms with Crippen LogP contribution in [0.1, 0.15) is 0 Å². The molecule has 1 rings (SSSR count). The maximum absolute atomic E-state index is 11.5. The van der Waals surface area contributed by atoms with Gasteiger partial charge in [-0.1, -0.05) is 0 Å². The summed E-state index contributed by atoms with van der Waals surface area (Å²) in [5.41, 5.74) is 0. The number of halogens is 2. The minimum Gasteiger partial charge on any atom is -0.464 e. The molecule has 0 aromatic carbocycles. The van der Waals surface area contributed by atoms with E-state index in [1.807, 2.05) is 6.40 Å². The third-order valence-electron chi connectivity index (χ3n) is 0.720. The molecule has 1 aliphatic heterocycles. The molecule has 8 heavy (non-hydrogen) atoms. The summed E-state index contributed by atoms with van der Waals surface area (Å²) in [6, 6.07) is -1.10. The largest absolute Gasteiger partial charge is 0.464 e. The lowest BCUT2D eigenvalue weighted by Gasteiger charge is -1.98. The zero-order chi connectivity index (χ0) is 5.98. The van der Waals surface area contributed by atoms with E-state index in [9.17, 15) is 8.78 Å². The van der Waals surface area contributed by atoms with E-state index in [0.29, 0.717) is 0 Å². The predicted octanol–water partition coefficient (Wildman–Crippen LogP) is 0.717. The first-order chi connectivity index (χ1) is 3.80. The third kappa shape index (κ3) is 0.936. The summed E-state index contributed by atoms with van der Waals surface area (Å²) >= 11 is 0. The van der Waals surface area contributed by atoms with Crippen LogP contribution in [-0.2, 0) is 4.74 Å². The van der Waals surface area contributed by atoms with E-state index in [1.54, 1.807) is 0 Å². The van der Waals surface area contributed by atoms with Crippen molar-refractivity contribution in [3.8, 4) is 0 Å². The number of rotatable bonds is 1. The molecule has 0 aliphatic carbocycles. The van der Waals surface area contributed by atoms with Crippen LogP contribution in [0.15, 0.2) is 4.99 Å². The Balaban J connectivity index is 2.36. The first-order valence-electron chi connectivity index (χ1n) is 2.02. The van der Waals surface area contributed by atoms with E-state index in [2.05, 4.69) is 9.73 Å². The van der Waals surface area contributed by atoms with Gasteiger partial charge in [0.05, 0.1) is 0 Å². The predicted molar refractivity (Wildman–Crippen MR) is 22.6 cm³/mol. The average Bonchev–Trinajstić information content (AvgIpc) is 2.12. The van der Waals surface area contributed by atoms with Crippen molar-refractivity contribution in [3.63, 3.8) is 0 Å². The van der Waals surface area contributed by atoms with Crippen LogP contribution in [0.25, 0.3) is 0 Å². The summed E-state index contributed by atoms with van der Waals surface area (Å²) in [5.74, 6) is 0. The van der Waals surface area contributed by atoms with Crippen LogP contribution in [0.2, 0.25) is 0 Å². The molecule has 4 heteroatoms. The van der Waals surface area contributed by atoms with Gasteiger partial charge in [-0.3, -0.25) is 0 Å². The minimum absolute atomic E-state index is 0.949. The van der Waals surface area contributed by atoms with Gasteiger partial charge in [-0.05, 0) is 0 Å². The fourth-order valence-electron chi connectivity index (χ4n) is 0.338. The Morgan fingerprint density at radius 1 is 1.75 bits per heavy atom. The van der Waals surface area contributed by atoms with Gasteiger partial charge in [0.15, 0.2) is 12.6 Å². The van der Waals surface area contributed by atoms with Gasteiger partial charge in [-0.15, -0.1) is 0 Å². The third-order valence-corrected chi connectivity index (χ3v) is 0.720. The van der Waals surface area contributed by atoms with Crippen molar-refractivity contribution in [3.05, 3.63) is 6.61 Å². The van der Waals surface area contributed by atoms with Gasteiger partial charge >= 0.3 is 0 Å². The minimum atomic E-state index is -2.47. The number of alkyl halides is 2. The lowest BCUT2D eigenvalue weighted by atomic mass is 10.4. The summed E-state index contributed by atoms with van der Waals surface area (Å²) in [6.07, 6.45) is -0.524. The van der Waals surface area contributed by atoms with Crippen LogP contribution >= 0.6 is 0 Å². The molecule has 1 aliphatic rings. The highest BCUT2D eigenvalue weighted by atomic mass is 19.3. The van der Waals surface area contributed by atoms with Crippen LogP contribution in [0.5, 0.6) is 0 Å². The van der Waals surface area contributed by atoms with Gasteiger partial charge in [0.2, 0.25) is 0 Å². The summed E-state index contributed by atoms with van der Waals surface area (Å²) in [6.45, 7) is 0.949.